The lowest BCUT2D eigenvalue weighted by Crippen LogP contribution is -2.26. The number of carbonyl (C=O) groups excluding carboxylic acids is 1. The molecule has 1 N–H and O–H groups in total. The van der Waals surface area contributed by atoms with Crippen LogP contribution in [0.25, 0.3) is 0 Å². The standard InChI is InChI=1S/C15H16BrNO3/c1-3-19-12-6-4-11(5-7-12)10(2)17-15(18)13-8-9-20-14(13)16/h4-10H,3H2,1-2H3,(H,17,18). The Bertz CT molecular complexity index is 577. The van der Waals surface area contributed by atoms with Crippen molar-refractivity contribution in [1.82, 2.24) is 5.32 Å². The molecule has 0 spiro atoms. The number of amides is 1. The molecule has 2 aromatic rings. The van der Waals surface area contributed by atoms with Crippen LogP contribution in [0.1, 0.15) is 35.8 Å². The van der Waals surface area contributed by atoms with Gasteiger partial charge in [0.05, 0.1) is 24.5 Å². The normalized spacial score (nSPS) is 11.9. The molecule has 2 rings (SSSR count). The van der Waals surface area contributed by atoms with Crippen LogP contribution in [0, 0.1) is 0 Å². The lowest BCUT2D eigenvalue weighted by atomic mass is 10.1. The second-order valence-electron chi connectivity index (χ2n) is 4.31. The van der Waals surface area contributed by atoms with Gasteiger partial charge in [-0.2, -0.15) is 0 Å². The quantitative estimate of drug-likeness (QED) is 0.899. The summed E-state index contributed by atoms with van der Waals surface area (Å²) in [6, 6.07) is 9.22. The second kappa shape index (κ2) is 6.61. The molecule has 5 heteroatoms. The summed E-state index contributed by atoms with van der Waals surface area (Å²) in [5.74, 6) is 0.652. The second-order valence-corrected chi connectivity index (χ2v) is 5.03. The van der Waals surface area contributed by atoms with E-state index in [1.807, 2.05) is 38.1 Å². The van der Waals surface area contributed by atoms with E-state index in [0.717, 1.165) is 11.3 Å². The average molecular weight is 338 g/mol. The molecule has 0 radical (unpaired) electrons. The Labute approximate surface area is 126 Å². The molecule has 1 atom stereocenters. The number of benzene rings is 1. The van der Waals surface area contributed by atoms with E-state index in [2.05, 4.69) is 21.2 Å². The van der Waals surface area contributed by atoms with Gasteiger partial charge in [0.15, 0.2) is 4.67 Å². The van der Waals surface area contributed by atoms with Crippen molar-refractivity contribution in [2.75, 3.05) is 6.61 Å². The van der Waals surface area contributed by atoms with E-state index in [1.165, 1.54) is 6.26 Å². The average Bonchev–Trinajstić information content (AvgIpc) is 2.86. The lowest BCUT2D eigenvalue weighted by Gasteiger charge is -2.14. The predicted molar refractivity (Wildman–Crippen MR) is 79.9 cm³/mol. The van der Waals surface area contributed by atoms with Crippen LogP contribution in [0.2, 0.25) is 0 Å². The van der Waals surface area contributed by atoms with E-state index in [4.69, 9.17) is 9.15 Å². The largest absolute Gasteiger partial charge is 0.494 e. The Morgan fingerprint density at radius 2 is 2.05 bits per heavy atom. The lowest BCUT2D eigenvalue weighted by molar-refractivity contribution is 0.0938. The summed E-state index contributed by atoms with van der Waals surface area (Å²) in [5.41, 5.74) is 1.50. The molecule has 0 aliphatic heterocycles. The van der Waals surface area contributed by atoms with Crippen LogP contribution in [0.4, 0.5) is 0 Å². The summed E-state index contributed by atoms with van der Waals surface area (Å²) >= 11 is 3.20. The Morgan fingerprint density at radius 1 is 1.35 bits per heavy atom. The fourth-order valence-electron chi connectivity index (χ4n) is 1.83. The third-order valence-electron chi connectivity index (χ3n) is 2.90. The first-order valence-corrected chi connectivity index (χ1v) is 7.17. The first kappa shape index (κ1) is 14.7. The Morgan fingerprint density at radius 3 is 2.60 bits per heavy atom. The zero-order valence-electron chi connectivity index (χ0n) is 11.4. The highest BCUT2D eigenvalue weighted by Crippen LogP contribution is 2.21. The molecule has 1 aromatic carbocycles. The molecular weight excluding hydrogens is 322 g/mol. The molecule has 0 saturated carbocycles. The van der Waals surface area contributed by atoms with Crippen LogP contribution in [0.5, 0.6) is 5.75 Å². The number of hydrogen-bond acceptors (Lipinski definition) is 3. The number of carbonyl (C=O) groups is 1. The Balaban J connectivity index is 2.02. The number of nitrogens with one attached hydrogen (secondary N) is 1. The number of ether oxygens (including phenoxy) is 1. The fourth-order valence-corrected chi connectivity index (χ4v) is 2.25. The molecule has 0 bridgehead atoms. The summed E-state index contributed by atoms with van der Waals surface area (Å²) in [5, 5.41) is 2.92. The minimum Gasteiger partial charge on any atom is -0.494 e. The highest BCUT2D eigenvalue weighted by atomic mass is 79.9. The van der Waals surface area contributed by atoms with E-state index < -0.39 is 0 Å². The molecule has 0 aliphatic carbocycles. The summed E-state index contributed by atoms with van der Waals surface area (Å²) in [4.78, 5) is 12.1. The number of hydrogen-bond donors (Lipinski definition) is 1. The van der Waals surface area contributed by atoms with Crippen molar-refractivity contribution in [2.45, 2.75) is 19.9 Å². The van der Waals surface area contributed by atoms with Gasteiger partial charge in [0.2, 0.25) is 0 Å². The van der Waals surface area contributed by atoms with Crippen molar-refractivity contribution in [3.63, 3.8) is 0 Å². The minimum atomic E-state index is -0.174. The van der Waals surface area contributed by atoms with E-state index in [0.29, 0.717) is 16.8 Å². The molecule has 1 amide bonds. The van der Waals surface area contributed by atoms with E-state index in [-0.39, 0.29) is 11.9 Å². The van der Waals surface area contributed by atoms with Crippen LogP contribution in [-0.2, 0) is 0 Å². The van der Waals surface area contributed by atoms with Gasteiger partial charge in [-0.25, -0.2) is 0 Å². The third-order valence-corrected chi connectivity index (χ3v) is 3.52. The first-order chi connectivity index (χ1) is 9.61. The van der Waals surface area contributed by atoms with Crippen molar-refractivity contribution in [3.05, 3.63) is 52.4 Å². The van der Waals surface area contributed by atoms with Crippen molar-refractivity contribution in [3.8, 4) is 5.75 Å². The van der Waals surface area contributed by atoms with E-state index >= 15 is 0 Å². The van der Waals surface area contributed by atoms with Gasteiger partial charge in [-0.05, 0) is 53.5 Å². The zero-order chi connectivity index (χ0) is 14.5. The molecule has 106 valence electrons. The smallest absolute Gasteiger partial charge is 0.256 e. The SMILES string of the molecule is CCOc1ccc(C(C)NC(=O)c2ccoc2Br)cc1. The Hall–Kier alpha value is -1.75. The van der Waals surface area contributed by atoms with Crippen molar-refractivity contribution >= 4 is 21.8 Å². The van der Waals surface area contributed by atoms with Gasteiger partial charge < -0.3 is 14.5 Å². The third kappa shape index (κ3) is 3.42. The van der Waals surface area contributed by atoms with Gasteiger partial charge in [-0.3, -0.25) is 4.79 Å². The van der Waals surface area contributed by atoms with E-state index in [9.17, 15) is 4.79 Å². The fraction of sp³-hybridized carbons (Fsp3) is 0.267. The molecule has 1 aromatic heterocycles. The van der Waals surface area contributed by atoms with Gasteiger partial charge in [0.1, 0.15) is 5.75 Å². The monoisotopic (exact) mass is 337 g/mol. The molecule has 0 fully saturated rings. The molecule has 0 aliphatic rings. The summed E-state index contributed by atoms with van der Waals surface area (Å²) in [7, 11) is 0. The van der Waals surface area contributed by atoms with Crippen LogP contribution in [-0.4, -0.2) is 12.5 Å². The molecular formula is C15H16BrNO3. The van der Waals surface area contributed by atoms with Crippen LogP contribution in [0.15, 0.2) is 45.7 Å². The molecule has 1 unspecified atom stereocenters. The molecule has 1 heterocycles. The van der Waals surface area contributed by atoms with Gasteiger partial charge >= 0.3 is 0 Å². The molecule has 4 nitrogen and oxygen atoms in total. The first-order valence-electron chi connectivity index (χ1n) is 6.38. The van der Waals surface area contributed by atoms with Gasteiger partial charge in [-0.15, -0.1) is 0 Å². The minimum absolute atomic E-state index is 0.0972. The Kier molecular flexibility index (Phi) is 4.84. The molecule has 20 heavy (non-hydrogen) atoms. The van der Waals surface area contributed by atoms with Gasteiger partial charge in [0.25, 0.3) is 5.91 Å². The highest BCUT2D eigenvalue weighted by molar-refractivity contribution is 9.10. The number of furan rings is 1. The van der Waals surface area contributed by atoms with Gasteiger partial charge in [-0.1, -0.05) is 12.1 Å². The number of halogens is 1. The number of rotatable bonds is 5. The maximum atomic E-state index is 12.1. The topological polar surface area (TPSA) is 51.5 Å². The van der Waals surface area contributed by atoms with Gasteiger partial charge in [0, 0.05) is 0 Å². The predicted octanol–water partition coefficient (Wildman–Crippen LogP) is 3.93. The maximum Gasteiger partial charge on any atom is 0.256 e. The van der Waals surface area contributed by atoms with Crippen LogP contribution >= 0.6 is 15.9 Å². The van der Waals surface area contributed by atoms with Crippen molar-refractivity contribution < 1.29 is 13.9 Å². The van der Waals surface area contributed by atoms with Crippen molar-refractivity contribution in [2.24, 2.45) is 0 Å². The van der Waals surface area contributed by atoms with Crippen LogP contribution < -0.4 is 10.1 Å². The summed E-state index contributed by atoms with van der Waals surface area (Å²) in [6.45, 7) is 4.52. The van der Waals surface area contributed by atoms with Crippen molar-refractivity contribution in [1.29, 1.82) is 0 Å². The van der Waals surface area contributed by atoms with Crippen LogP contribution in [0.3, 0.4) is 0 Å². The molecule has 0 saturated heterocycles. The maximum absolute atomic E-state index is 12.1. The van der Waals surface area contributed by atoms with E-state index in [1.54, 1.807) is 6.07 Å². The zero-order valence-corrected chi connectivity index (χ0v) is 12.9. The highest BCUT2D eigenvalue weighted by Gasteiger charge is 2.15. The summed E-state index contributed by atoms with van der Waals surface area (Å²) < 4.78 is 10.9. The summed E-state index contributed by atoms with van der Waals surface area (Å²) in [6.07, 6.45) is 1.47.